The molecular formula is C32H33F3N4O3. The number of ether oxygens (including phenoxy) is 1. The van der Waals surface area contributed by atoms with E-state index in [1.165, 1.54) is 12.1 Å². The van der Waals surface area contributed by atoms with E-state index in [4.69, 9.17) is 4.74 Å². The summed E-state index contributed by atoms with van der Waals surface area (Å²) in [6.45, 7) is 6.22. The second kappa shape index (κ2) is 11.9. The van der Waals surface area contributed by atoms with Gasteiger partial charge in [-0.1, -0.05) is 43.7 Å². The van der Waals surface area contributed by atoms with E-state index in [1.807, 2.05) is 25.1 Å². The van der Waals surface area contributed by atoms with Crippen molar-refractivity contribution in [3.05, 3.63) is 89.5 Å². The van der Waals surface area contributed by atoms with Crippen LogP contribution in [0, 0.1) is 0 Å². The SMILES string of the molecule is CCCCC(=O)OC1=Nc2cc(C(=O)N3CCN(c4ccccc4)CC3)ccc2NC1(C)c1ccc(C(F)(F)F)cc1. The van der Waals surface area contributed by atoms with Gasteiger partial charge in [0.25, 0.3) is 5.91 Å². The van der Waals surface area contributed by atoms with Gasteiger partial charge >= 0.3 is 12.1 Å². The van der Waals surface area contributed by atoms with E-state index in [-0.39, 0.29) is 18.2 Å². The van der Waals surface area contributed by atoms with Crippen molar-refractivity contribution in [3.63, 3.8) is 0 Å². The van der Waals surface area contributed by atoms with Gasteiger partial charge in [0.05, 0.1) is 16.9 Å². The normalized spacial score (nSPS) is 18.5. The number of alkyl halides is 3. The minimum Gasteiger partial charge on any atom is -0.408 e. The Morgan fingerprint density at radius 2 is 1.67 bits per heavy atom. The van der Waals surface area contributed by atoms with Crippen LogP contribution >= 0.6 is 0 Å². The van der Waals surface area contributed by atoms with Crippen LogP contribution in [0.3, 0.4) is 0 Å². The summed E-state index contributed by atoms with van der Waals surface area (Å²) in [6, 6.07) is 19.8. The van der Waals surface area contributed by atoms with Gasteiger partial charge in [-0.15, -0.1) is 0 Å². The van der Waals surface area contributed by atoms with Crippen LogP contribution in [-0.2, 0) is 21.2 Å². The highest BCUT2D eigenvalue weighted by atomic mass is 19.4. The quantitative estimate of drug-likeness (QED) is 0.327. The molecule has 1 atom stereocenters. The number of para-hydroxylation sites is 1. The van der Waals surface area contributed by atoms with Gasteiger partial charge in [-0.05, 0) is 61.4 Å². The van der Waals surface area contributed by atoms with Gasteiger partial charge in [-0.25, -0.2) is 4.99 Å². The van der Waals surface area contributed by atoms with Crippen LogP contribution in [0.25, 0.3) is 0 Å². The standard InChI is InChI=1S/C32H33F3N4O3/c1-3-4-10-28(40)42-30-31(2,23-12-14-24(15-13-23)32(33,34)35)37-26-16-11-22(21-27(26)36-30)29(41)39-19-17-38(18-20-39)25-8-6-5-7-9-25/h5-9,11-16,21,37H,3-4,10,17-20H2,1-2H3. The van der Waals surface area contributed by atoms with Crippen LogP contribution in [-0.4, -0.2) is 48.9 Å². The molecule has 0 bridgehead atoms. The third-order valence-corrected chi connectivity index (χ3v) is 7.70. The minimum atomic E-state index is -4.48. The first-order valence-corrected chi connectivity index (χ1v) is 14.1. The zero-order valence-electron chi connectivity index (χ0n) is 23.6. The van der Waals surface area contributed by atoms with Crippen LogP contribution in [0.2, 0.25) is 0 Å². The zero-order chi connectivity index (χ0) is 29.9. The fraction of sp³-hybridized carbons (Fsp3) is 0.344. The van der Waals surface area contributed by atoms with Crippen molar-refractivity contribution in [3.8, 4) is 0 Å². The fourth-order valence-corrected chi connectivity index (χ4v) is 5.19. The smallest absolute Gasteiger partial charge is 0.408 e. The highest BCUT2D eigenvalue weighted by Gasteiger charge is 2.41. The topological polar surface area (TPSA) is 74.2 Å². The van der Waals surface area contributed by atoms with E-state index < -0.39 is 23.2 Å². The van der Waals surface area contributed by atoms with E-state index in [9.17, 15) is 22.8 Å². The molecule has 3 aromatic carbocycles. The second-order valence-corrected chi connectivity index (χ2v) is 10.7. The number of anilines is 2. The molecule has 7 nitrogen and oxygen atoms in total. The number of benzene rings is 3. The molecule has 2 aliphatic heterocycles. The molecule has 1 unspecified atom stereocenters. The molecule has 10 heteroatoms. The van der Waals surface area contributed by atoms with Crippen molar-refractivity contribution < 1.29 is 27.5 Å². The molecular weight excluding hydrogens is 545 g/mol. The Morgan fingerprint density at radius 3 is 2.31 bits per heavy atom. The minimum absolute atomic E-state index is 0.0111. The molecule has 1 amide bonds. The Balaban J connectivity index is 1.40. The second-order valence-electron chi connectivity index (χ2n) is 10.7. The Labute approximate surface area is 243 Å². The summed E-state index contributed by atoms with van der Waals surface area (Å²) in [5.41, 5.74) is 0.982. The average Bonchev–Trinajstić information content (AvgIpc) is 3.00. The summed E-state index contributed by atoms with van der Waals surface area (Å²) in [4.78, 5) is 34.8. The predicted octanol–water partition coefficient (Wildman–Crippen LogP) is 6.77. The summed E-state index contributed by atoms with van der Waals surface area (Å²) in [5, 5.41) is 3.31. The summed E-state index contributed by atoms with van der Waals surface area (Å²) in [7, 11) is 0. The van der Waals surface area contributed by atoms with Gasteiger partial charge < -0.3 is 19.9 Å². The number of unbranched alkanes of at least 4 members (excludes halogenated alkanes) is 1. The molecule has 0 radical (unpaired) electrons. The number of nitrogens with zero attached hydrogens (tertiary/aromatic N) is 3. The molecule has 220 valence electrons. The third kappa shape index (κ3) is 6.12. The first-order valence-electron chi connectivity index (χ1n) is 14.1. The van der Waals surface area contributed by atoms with Crippen LogP contribution in [0.5, 0.6) is 0 Å². The van der Waals surface area contributed by atoms with Gasteiger partial charge in [0.2, 0.25) is 5.90 Å². The number of piperazine rings is 1. The molecule has 0 spiro atoms. The third-order valence-electron chi connectivity index (χ3n) is 7.70. The first-order chi connectivity index (χ1) is 20.1. The lowest BCUT2D eigenvalue weighted by Crippen LogP contribution is -2.48. The molecule has 0 aromatic heterocycles. The maximum absolute atomic E-state index is 13.4. The number of aliphatic imine (C=N–C) groups is 1. The van der Waals surface area contributed by atoms with E-state index >= 15 is 0 Å². The van der Waals surface area contributed by atoms with E-state index in [1.54, 1.807) is 30.0 Å². The van der Waals surface area contributed by atoms with Gasteiger partial charge in [-0.2, -0.15) is 13.2 Å². The molecule has 5 rings (SSSR count). The number of nitrogens with one attached hydrogen (secondary N) is 1. The summed E-state index contributed by atoms with van der Waals surface area (Å²) in [5.74, 6) is -0.599. The number of esters is 1. The van der Waals surface area contributed by atoms with Crippen LogP contribution in [0.1, 0.15) is 54.6 Å². The highest BCUT2D eigenvalue weighted by Crippen LogP contribution is 2.41. The number of rotatable bonds is 6. The molecule has 2 heterocycles. The van der Waals surface area contributed by atoms with Gasteiger partial charge in [0.15, 0.2) is 0 Å². The Hall–Kier alpha value is -4.34. The molecule has 42 heavy (non-hydrogen) atoms. The Kier molecular flexibility index (Phi) is 8.24. The lowest BCUT2D eigenvalue weighted by atomic mass is 9.88. The molecule has 2 aliphatic rings. The van der Waals surface area contributed by atoms with Gasteiger partial charge in [0.1, 0.15) is 5.54 Å². The van der Waals surface area contributed by atoms with Gasteiger partial charge in [0, 0.05) is 43.9 Å². The number of halogens is 3. The van der Waals surface area contributed by atoms with Crippen LogP contribution < -0.4 is 10.2 Å². The van der Waals surface area contributed by atoms with Crippen molar-refractivity contribution in [2.45, 2.75) is 44.8 Å². The zero-order valence-corrected chi connectivity index (χ0v) is 23.6. The lowest BCUT2D eigenvalue weighted by Gasteiger charge is -2.37. The van der Waals surface area contributed by atoms with Crippen molar-refractivity contribution >= 4 is 34.8 Å². The largest absolute Gasteiger partial charge is 0.416 e. The fourth-order valence-electron chi connectivity index (χ4n) is 5.19. The van der Waals surface area contributed by atoms with Crippen molar-refractivity contribution in [2.75, 3.05) is 36.4 Å². The maximum atomic E-state index is 13.4. The molecule has 1 N–H and O–H groups in total. The number of hydrogen-bond acceptors (Lipinski definition) is 6. The van der Waals surface area contributed by atoms with Crippen LogP contribution in [0.15, 0.2) is 77.8 Å². The summed E-state index contributed by atoms with van der Waals surface area (Å²) >= 11 is 0. The molecule has 1 saturated heterocycles. The maximum Gasteiger partial charge on any atom is 0.416 e. The number of fused-ring (bicyclic) bond motifs is 1. The number of carbonyl (C=O) groups is 2. The van der Waals surface area contributed by atoms with E-state index in [2.05, 4.69) is 27.3 Å². The molecule has 1 fully saturated rings. The van der Waals surface area contributed by atoms with Gasteiger partial charge in [-0.3, -0.25) is 9.59 Å². The number of carbonyl (C=O) groups excluding carboxylic acids is 2. The van der Waals surface area contributed by atoms with Crippen molar-refractivity contribution in [1.82, 2.24) is 4.90 Å². The Morgan fingerprint density at radius 1 is 0.976 bits per heavy atom. The summed E-state index contributed by atoms with van der Waals surface area (Å²) in [6.07, 6.45) is -2.88. The molecule has 0 saturated carbocycles. The Bertz CT molecular complexity index is 1470. The average molecular weight is 579 g/mol. The lowest BCUT2D eigenvalue weighted by molar-refractivity contribution is -0.137. The summed E-state index contributed by atoms with van der Waals surface area (Å²) < 4.78 is 45.4. The van der Waals surface area contributed by atoms with E-state index in [0.717, 1.165) is 24.2 Å². The molecule has 0 aliphatic carbocycles. The predicted molar refractivity (Wildman–Crippen MR) is 156 cm³/mol. The van der Waals surface area contributed by atoms with Crippen molar-refractivity contribution in [2.24, 2.45) is 4.99 Å². The van der Waals surface area contributed by atoms with E-state index in [0.29, 0.717) is 55.1 Å². The first kappa shape index (κ1) is 29.2. The van der Waals surface area contributed by atoms with Crippen molar-refractivity contribution in [1.29, 1.82) is 0 Å². The molecule has 3 aromatic rings. The monoisotopic (exact) mass is 578 g/mol. The number of amides is 1. The highest BCUT2D eigenvalue weighted by molar-refractivity contribution is 6.03. The van der Waals surface area contributed by atoms with Crippen LogP contribution in [0.4, 0.5) is 30.2 Å². The number of hydrogen-bond donors (Lipinski definition) is 1.